The third kappa shape index (κ3) is 6.27. The van der Waals surface area contributed by atoms with E-state index in [-0.39, 0.29) is 5.70 Å². The monoisotopic (exact) mass is 312 g/mol. The van der Waals surface area contributed by atoms with E-state index >= 15 is 0 Å². The van der Waals surface area contributed by atoms with Crippen LogP contribution in [0.15, 0.2) is 24.0 Å². The minimum Gasteiger partial charge on any atom is -0.464 e. The van der Waals surface area contributed by atoms with E-state index in [0.29, 0.717) is 10.7 Å². The van der Waals surface area contributed by atoms with E-state index in [9.17, 15) is 9.59 Å². The largest absolute Gasteiger partial charge is 0.464 e. The Morgan fingerprint density at radius 3 is 2.48 bits per heavy atom. The summed E-state index contributed by atoms with van der Waals surface area (Å²) in [7, 11) is 1.22. The molecule has 0 aliphatic rings. The average Bonchev–Trinajstić information content (AvgIpc) is 2.37. The second-order valence-electron chi connectivity index (χ2n) is 5.09. The summed E-state index contributed by atoms with van der Waals surface area (Å²) < 4.78 is 9.70. The molecule has 1 aromatic rings. The molecule has 0 saturated heterocycles. The average molecular weight is 313 g/mol. The van der Waals surface area contributed by atoms with Crippen LogP contribution in [0.3, 0.4) is 0 Å². The molecule has 1 heterocycles. The number of methoxy groups -OCH3 is 1. The Morgan fingerprint density at radius 1 is 1.33 bits per heavy atom. The summed E-state index contributed by atoms with van der Waals surface area (Å²) in [6, 6.07) is 3.21. The highest BCUT2D eigenvalue weighted by Gasteiger charge is 2.20. The Hall–Kier alpha value is -2.08. The number of hydrogen-bond donors (Lipinski definition) is 1. The van der Waals surface area contributed by atoms with Crippen molar-refractivity contribution < 1.29 is 19.1 Å². The molecule has 0 unspecified atom stereocenters. The Bertz CT molecular complexity index is 547. The molecule has 21 heavy (non-hydrogen) atoms. The van der Waals surface area contributed by atoms with Crippen LogP contribution in [0.4, 0.5) is 4.79 Å². The molecule has 1 aromatic heterocycles. The maximum Gasteiger partial charge on any atom is 0.412 e. The Balaban J connectivity index is 2.93. The molecule has 114 valence electrons. The van der Waals surface area contributed by atoms with Crippen LogP contribution in [-0.2, 0) is 14.3 Å². The van der Waals surface area contributed by atoms with Gasteiger partial charge in [-0.05, 0) is 38.5 Å². The number of ether oxygens (including phenoxy) is 2. The van der Waals surface area contributed by atoms with Crippen molar-refractivity contribution in [3.63, 3.8) is 0 Å². The van der Waals surface area contributed by atoms with Crippen LogP contribution in [0.1, 0.15) is 26.3 Å². The molecule has 0 bridgehead atoms. The number of amides is 1. The molecule has 0 aliphatic carbocycles. The number of carbonyl (C=O) groups excluding carboxylic acids is 2. The van der Waals surface area contributed by atoms with Crippen molar-refractivity contribution >= 4 is 29.7 Å². The highest BCUT2D eigenvalue weighted by Crippen LogP contribution is 2.11. The summed E-state index contributed by atoms with van der Waals surface area (Å²) in [5.74, 6) is -0.698. The van der Waals surface area contributed by atoms with Gasteiger partial charge in [-0.15, -0.1) is 0 Å². The van der Waals surface area contributed by atoms with Gasteiger partial charge in [0.1, 0.15) is 16.5 Å². The van der Waals surface area contributed by atoms with Crippen LogP contribution in [0.5, 0.6) is 0 Å². The van der Waals surface area contributed by atoms with Gasteiger partial charge in [-0.3, -0.25) is 5.32 Å². The number of aromatic nitrogens is 1. The zero-order valence-electron chi connectivity index (χ0n) is 12.3. The van der Waals surface area contributed by atoms with Gasteiger partial charge in [0.15, 0.2) is 0 Å². The third-order valence-corrected chi connectivity index (χ3v) is 2.33. The van der Waals surface area contributed by atoms with Gasteiger partial charge in [0.2, 0.25) is 0 Å². The molecule has 0 fully saturated rings. The van der Waals surface area contributed by atoms with Crippen LogP contribution in [0.2, 0.25) is 5.15 Å². The first-order valence-corrected chi connectivity index (χ1v) is 6.50. The SMILES string of the molecule is COC(=O)/C(=C/c1ccc(Cl)nc1)NC(=O)OC(C)(C)C. The zero-order chi connectivity index (χ0) is 16.0. The number of rotatable bonds is 3. The Labute approximate surface area is 128 Å². The predicted octanol–water partition coefficient (Wildman–Crippen LogP) is 2.77. The quantitative estimate of drug-likeness (QED) is 0.527. The molecule has 0 atom stereocenters. The van der Waals surface area contributed by atoms with E-state index in [1.807, 2.05) is 0 Å². The lowest BCUT2D eigenvalue weighted by molar-refractivity contribution is -0.136. The smallest absolute Gasteiger partial charge is 0.412 e. The molecule has 0 aromatic carbocycles. The molecule has 0 spiro atoms. The minimum atomic E-state index is -0.749. The summed E-state index contributed by atoms with van der Waals surface area (Å²) in [5, 5.41) is 2.68. The van der Waals surface area contributed by atoms with Gasteiger partial charge in [-0.2, -0.15) is 0 Å². The molecule has 6 nitrogen and oxygen atoms in total. The standard InChI is InChI=1S/C14H17ClN2O4/c1-14(2,3)21-13(19)17-10(12(18)20-4)7-9-5-6-11(15)16-8-9/h5-8H,1-4H3,(H,17,19)/b10-7-. The number of nitrogens with zero attached hydrogens (tertiary/aromatic N) is 1. The van der Waals surface area contributed by atoms with Crippen LogP contribution >= 0.6 is 11.6 Å². The van der Waals surface area contributed by atoms with Crippen molar-refractivity contribution in [3.8, 4) is 0 Å². The molecule has 7 heteroatoms. The number of esters is 1. The van der Waals surface area contributed by atoms with Gasteiger partial charge < -0.3 is 9.47 Å². The molecule has 1 N–H and O–H groups in total. The number of pyridine rings is 1. The third-order valence-electron chi connectivity index (χ3n) is 2.10. The van der Waals surface area contributed by atoms with Crippen LogP contribution in [-0.4, -0.2) is 29.8 Å². The first kappa shape index (κ1) is 17.0. The van der Waals surface area contributed by atoms with E-state index in [2.05, 4.69) is 15.0 Å². The molecule has 0 saturated carbocycles. The van der Waals surface area contributed by atoms with Gasteiger partial charge in [0.25, 0.3) is 0 Å². The van der Waals surface area contributed by atoms with E-state index in [1.165, 1.54) is 19.4 Å². The Morgan fingerprint density at radius 2 is 2.00 bits per heavy atom. The normalized spacial score (nSPS) is 11.8. The number of halogens is 1. The number of alkyl carbamates (subject to hydrolysis) is 1. The molecule has 1 amide bonds. The first-order valence-electron chi connectivity index (χ1n) is 6.13. The number of nitrogens with one attached hydrogen (secondary N) is 1. The Kier molecular flexibility index (Phi) is 5.72. The fraction of sp³-hybridized carbons (Fsp3) is 0.357. The number of carbonyl (C=O) groups is 2. The van der Waals surface area contributed by atoms with Crippen molar-refractivity contribution in [2.75, 3.05) is 7.11 Å². The van der Waals surface area contributed by atoms with Gasteiger partial charge in [-0.1, -0.05) is 17.7 Å². The van der Waals surface area contributed by atoms with Crippen molar-refractivity contribution in [1.82, 2.24) is 10.3 Å². The second kappa shape index (κ2) is 7.08. The highest BCUT2D eigenvalue weighted by molar-refractivity contribution is 6.29. The maximum absolute atomic E-state index is 11.7. The van der Waals surface area contributed by atoms with E-state index in [1.54, 1.807) is 32.9 Å². The predicted molar refractivity (Wildman–Crippen MR) is 78.6 cm³/mol. The lowest BCUT2D eigenvalue weighted by Gasteiger charge is -2.20. The summed E-state index contributed by atoms with van der Waals surface area (Å²) in [6.45, 7) is 5.16. The van der Waals surface area contributed by atoms with Crippen LogP contribution in [0.25, 0.3) is 6.08 Å². The van der Waals surface area contributed by atoms with E-state index in [0.717, 1.165) is 0 Å². The maximum atomic E-state index is 11.7. The molecular weight excluding hydrogens is 296 g/mol. The zero-order valence-corrected chi connectivity index (χ0v) is 13.0. The first-order chi connectivity index (χ1) is 9.71. The van der Waals surface area contributed by atoms with Crippen molar-refractivity contribution in [2.24, 2.45) is 0 Å². The minimum absolute atomic E-state index is 0.0594. The molecule has 0 radical (unpaired) electrons. The highest BCUT2D eigenvalue weighted by atomic mass is 35.5. The fourth-order valence-electron chi connectivity index (χ4n) is 1.31. The van der Waals surface area contributed by atoms with Crippen LogP contribution < -0.4 is 5.32 Å². The molecular formula is C14H17ClN2O4. The van der Waals surface area contributed by atoms with Crippen molar-refractivity contribution in [1.29, 1.82) is 0 Å². The summed E-state index contributed by atoms with van der Waals surface area (Å²) in [5.41, 5.74) is -0.153. The topological polar surface area (TPSA) is 77.5 Å². The fourth-order valence-corrected chi connectivity index (χ4v) is 1.42. The molecule has 1 rings (SSSR count). The molecule has 0 aliphatic heterocycles. The second-order valence-corrected chi connectivity index (χ2v) is 5.48. The number of hydrogen-bond acceptors (Lipinski definition) is 5. The van der Waals surface area contributed by atoms with Crippen LogP contribution in [0, 0.1) is 0 Å². The van der Waals surface area contributed by atoms with Gasteiger partial charge in [-0.25, -0.2) is 14.6 Å². The summed E-state index contributed by atoms with van der Waals surface area (Å²) in [6.07, 6.45) is 2.13. The summed E-state index contributed by atoms with van der Waals surface area (Å²) in [4.78, 5) is 27.3. The lowest BCUT2D eigenvalue weighted by atomic mass is 10.2. The lowest BCUT2D eigenvalue weighted by Crippen LogP contribution is -2.34. The van der Waals surface area contributed by atoms with Gasteiger partial charge >= 0.3 is 12.1 Å². The van der Waals surface area contributed by atoms with Gasteiger partial charge in [0.05, 0.1) is 7.11 Å². The van der Waals surface area contributed by atoms with Gasteiger partial charge in [0, 0.05) is 6.20 Å². The summed E-state index contributed by atoms with van der Waals surface area (Å²) >= 11 is 5.68. The van der Waals surface area contributed by atoms with E-state index < -0.39 is 17.7 Å². The van der Waals surface area contributed by atoms with Crippen molar-refractivity contribution in [3.05, 3.63) is 34.7 Å². The van der Waals surface area contributed by atoms with E-state index in [4.69, 9.17) is 16.3 Å². The van der Waals surface area contributed by atoms with Crippen molar-refractivity contribution in [2.45, 2.75) is 26.4 Å².